The minimum absolute atomic E-state index is 0.0888. The van der Waals surface area contributed by atoms with E-state index in [1.54, 1.807) is 6.92 Å². The van der Waals surface area contributed by atoms with Crippen LogP contribution in [0.15, 0.2) is 0 Å². The number of hydrogen-bond donors (Lipinski definition) is 3. The fraction of sp³-hybridized carbons (Fsp3) is 1.00. The highest BCUT2D eigenvalue weighted by Crippen LogP contribution is 2.17. The number of aliphatic hydroxyl groups is 3. The van der Waals surface area contributed by atoms with E-state index in [9.17, 15) is 0 Å². The second-order valence-electron chi connectivity index (χ2n) is 2.59. The first-order chi connectivity index (χ1) is 4.61. The molecular weight excluding hydrogens is 136 g/mol. The maximum Gasteiger partial charge on any atom is 0.157 e. The van der Waals surface area contributed by atoms with Gasteiger partial charge in [0, 0.05) is 6.42 Å². The van der Waals surface area contributed by atoms with Crippen LogP contribution < -0.4 is 0 Å². The zero-order valence-electron chi connectivity index (χ0n) is 5.77. The van der Waals surface area contributed by atoms with Crippen LogP contribution in [0.5, 0.6) is 0 Å². The molecule has 0 amide bonds. The zero-order valence-corrected chi connectivity index (χ0v) is 5.77. The van der Waals surface area contributed by atoms with Gasteiger partial charge in [0.1, 0.15) is 6.10 Å². The van der Waals surface area contributed by atoms with Gasteiger partial charge in [-0.3, -0.25) is 0 Å². The fourth-order valence-electron chi connectivity index (χ4n) is 1.04. The van der Waals surface area contributed by atoms with E-state index in [1.165, 1.54) is 0 Å². The number of rotatable bonds is 0. The molecule has 1 rings (SSSR count). The van der Waals surface area contributed by atoms with Gasteiger partial charge in [0.2, 0.25) is 0 Å². The standard InChI is InChI=1S/C6H12O4/c1-3-6(9)4(7)2-5(8)10-3/h3-9H,2H2,1H3/t3-,4-,5-,6-/m1/s1. The van der Waals surface area contributed by atoms with Crippen LogP contribution in [0.4, 0.5) is 0 Å². The Bertz CT molecular complexity index is 104. The van der Waals surface area contributed by atoms with Crippen LogP contribution >= 0.6 is 0 Å². The maximum absolute atomic E-state index is 9.08. The summed E-state index contributed by atoms with van der Waals surface area (Å²) in [6.45, 7) is 1.61. The van der Waals surface area contributed by atoms with Crippen LogP contribution in [-0.2, 0) is 4.74 Å². The highest BCUT2D eigenvalue weighted by Gasteiger charge is 2.32. The molecular formula is C6H12O4. The van der Waals surface area contributed by atoms with E-state index in [0.29, 0.717) is 0 Å². The molecule has 0 aliphatic carbocycles. The Balaban J connectivity index is 2.49. The average molecular weight is 148 g/mol. The molecule has 0 aromatic heterocycles. The number of aliphatic hydroxyl groups excluding tert-OH is 3. The van der Waals surface area contributed by atoms with Crippen molar-refractivity contribution in [2.75, 3.05) is 0 Å². The molecule has 10 heavy (non-hydrogen) atoms. The van der Waals surface area contributed by atoms with Crippen LogP contribution in [-0.4, -0.2) is 39.9 Å². The summed E-state index contributed by atoms with van der Waals surface area (Å²) in [6, 6.07) is 0. The Kier molecular flexibility index (Phi) is 2.25. The third kappa shape index (κ3) is 1.46. The highest BCUT2D eigenvalue weighted by molar-refractivity contribution is 4.78. The Labute approximate surface area is 59.1 Å². The first-order valence-electron chi connectivity index (χ1n) is 3.31. The quantitative estimate of drug-likeness (QED) is 0.405. The van der Waals surface area contributed by atoms with Crippen molar-refractivity contribution in [3.63, 3.8) is 0 Å². The van der Waals surface area contributed by atoms with Gasteiger partial charge in [0.05, 0.1) is 12.2 Å². The van der Waals surface area contributed by atoms with Crippen molar-refractivity contribution in [1.29, 1.82) is 0 Å². The van der Waals surface area contributed by atoms with Gasteiger partial charge < -0.3 is 20.1 Å². The molecule has 4 nitrogen and oxygen atoms in total. The normalized spacial score (nSPS) is 49.2. The van der Waals surface area contributed by atoms with Crippen LogP contribution in [0.1, 0.15) is 13.3 Å². The summed E-state index contributed by atoms with van der Waals surface area (Å²) in [7, 11) is 0. The smallest absolute Gasteiger partial charge is 0.157 e. The Morgan fingerprint density at radius 2 is 1.90 bits per heavy atom. The topological polar surface area (TPSA) is 69.9 Å². The molecule has 3 N–H and O–H groups in total. The van der Waals surface area contributed by atoms with Crippen molar-refractivity contribution in [2.45, 2.75) is 37.9 Å². The van der Waals surface area contributed by atoms with Crippen LogP contribution in [0.2, 0.25) is 0 Å². The van der Waals surface area contributed by atoms with Crippen molar-refractivity contribution >= 4 is 0 Å². The van der Waals surface area contributed by atoms with Gasteiger partial charge >= 0.3 is 0 Å². The largest absolute Gasteiger partial charge is 0.390 e. The molecule has 1 aliphatic heterocycles. The third-order valence-corrected chi connectivity index (χ3v) is 1.69. The van der Waals surface area contributed by atoms with E-state index in [4.69, 9.17) is 20.1 Å². The van der Waals surface area contributed by atoms with Crippen LogP contribution in [0, 0.1) is 0 Å². The van der Waals surface area contributed by atoms with Crippen molar-refractivity contribution < 1.29 is 20.1 Å². The summed E-state index contributed by atoms with van der Waals surface area (Å²) in [5.41, 5.74) is 0. The molecule has 0 aromatic carbocycles. The Hall–Kier alpha value is -0.160. The lowest BCUT2D eigenvalue weighted by Crippen LogP contribution is -2.46. The molecule has 0 unspecified atom stereocenters. The zero-order chi connectivity index (χ0) is 7.72. The summed E-state index contributed by atoms with van der Waals surface area (Å²) in [6.07, 6.45) is -3.07. The molecule has 60 valence electrons. The van der Waals surface area contributed by atoms with E-state index in [1.807, 2.05) is 0 Å². The maximum atomic E-state index is 9.08. The van der Waals surface area contributed by atoms with E-state index in [-0.39, 0.29) is 6.42 Å². The summed E-state index contributed by atoms with van der Waals surface area (Å²) in [4.78, 5) is 0. The molecule has 0 radical (unpaired) electrons. The lowest BCUT2D eigenvalue weighted by molar-refractivity contribution is -0.226. The first-order valence-corrected chi connectivity index (χ1v) is 3.31. The molecule has 0 saturated carbocycles. The highest BCUT2D eigenvalue weighted by atomic mass is 16.6. The van der Waals surface area contributed by atoms with Crippen molar-refractivity contribution in [3.8, 4) is 0 Å². The van der Waals surface area contributed by atoms with Gasteiger partial charge in [-0.2, -0.15) is 0 Å². The molecule has 1 fully saturated rings. The molecule has 0 aromatic rings. The summed E-state index contributed by atoms with van der Waals surface area (Å²) in [5.74, 6) is 0. The van der Waals surface area contributed by atoms with E-state index < -0.39 is 24.6 Å². The van der Waals surface area contributed by atoms with Crippen LogP contribution in [0.25, 0.3) is 0 Å². The molecule has 1 saturated heterocycles. The lowest BCUT2D eigenvalue weighted by Gasteiger charge is -2.32. The monoisotopic (exact) mass is 148 g/mol. The number of ether oxygens (including phenoxy) is 1. The van der Waals surface area contributed by atoms with Gasteiger partial charge in [-0.15, -0.1) is 0 Å². The second-order valence-corrected chi connectivity index (χ2v) is 2.59. The predicted octanol–water partition coefficient (Wildman–Crippen LogP) is -1.16. The van der Waals surface area contributed by atoms with Gasteiger partial charge in [-0.1, -0.05) is 0 Å². The summed E-state index contributed by atoms with van der Waals surface area (Å²) < 4.78 is 4.81. The van der Waals surface area contributed by atoms with E-state index in [2.05, 4.69) is 0 Å². The Morgan fingerprint density at radius 3 is 2.40 bits per heavy atom. The second kappa shape index (κ2) is 2.84. The van der Waals surface area contributed by atoms with Crippen molar-refractivity contribution in [1.82, 2.24) is 0 Å². The third-order valence-electron chi connectivity index (χ3n) is 1.69. The molecule has 1 aliphatic rings. The molecule has 0 spiro atoms. The molecule has 1 heterocycles. The van der Waals surface area contributed by atoms with Crippen molar-refractivity contribution in [2.24, 2.45) is 0 Å². The fourth-order valence-corrected chi connectivity index (χ4v) is 1.04. The van der Waals surface area contributed by atoms with Crippen LogP contribution in [0.3, 0.4) is 0 Å². The SMILES string of the molecule is C[C@H]1O[C@@H](O)C[C@@H](O)[C@@H]1O. The average Bonchev–Trinajstić information content (AvgIpc) is 1.82. The van der Waals surface area contributed by atoms with Gasteiger partial charge in [-0.25, -0.2) is 0 Å². The minimum Gasteiger partial charge on any atom is -0.390 e. The molecule has 4 heteroatoms. The summed E-state index contributed by atoms with van der Waals surface area (Å²) >= 11 is 0. The first kappa shape index (κ1) is 7.94. The number of hydrogen-bond acceptors (Lipinski definition) is 4. The van der Waals surface area contributed by atoms with Gasteiger partial charge in [-0.05, 0) is 6.92 Å². The van der Waals surface area contributed by atoms with Gasteiger partial charge in [0.15, 0.2) is 6.29 Å². The van der Waals surface area contributed by atoms with Gasteiger partial charge in [0.25, 0.3) is 0 Å². The lowest BCUT2D eigenvalue weighted by atomic mass is 10.0. The Morgan fingerprint density at radius 1 is 1.30 bits per heavy atom. The molecule has 4 atom stereocenters. The van der Waals surface area contributed by atoms with E-state index in [0.717, 1.165) is 0 Å². The predicted molar refractivity (Wildman–Crippen MR) is 33.2 cm³/mol. The summed E-state index contributed by atoms with van der Waals surface area (Å²) in [5, 5.41) is 27.0. The minimum atomic E-state index is -0.937. The van der Waals surface area contributed by atoms with E-state index >= 15 is 0 Å². The molecule has 0 bridgehead atoms. The van der Waals surface area contributed by atoms with Crippen molar-refractivity contribution in [3.05, 3.63) is 0 Å².